The lowest BCUT2D eigenvalue weighted by molar-refractivity contribution is -0.154. The molecule has 70 heavy (non-hydrogen) atoms. The van der Waals surface area contributed by atoms with E-state index in [-0.39, 0.29) is 38.8 Å². The Bertz CT molecular complexity index is 1630. The number of phosphoric ester groups is 1. The summed E-state index contributed by atoms with van der Waals surface area (Å²) in [4.78, 5) is 22.6. The first-order chi connectivity index (χ1) is 34.4. The molecule has 0 bridgehead atoms. The summed E-state index contributed by atoms with van der Waals surface area (Å²) in [5.41, 5.74) is 5.39. The maximum Gasteiger partial charge on any atom is 0.472 e. The molecule has 3 N–H and O–H groups in total. The van der Waals surface area contributed by atoms with Gasteiger partial charge in [0.05, 0.1) is 19.8 Å². The zero-order chi connectivity index (χ0) is 50.8. The van der Waals surface area contributed by atoms with Gasteiger partial charge in [-0.25, -0.2) is 4.57 Å². The third kappa shape index (κ3) is 55.1. The van der Waals surface area contributed by atoms with E-state index in [0.29, 0.717) is 6.61 Å². The molecule has 0 aliphatic rings. The van der Waals surface area contributed by atoms with Crippen LogP contribution in [0.4, 0.5) is 0 Å². The van der Waals surface area contributed by atoms with Crippen molar-refractivity contribution in [3.63, 3.8) is 0 Å². The van der Waals surface area contributed by atoms with E-state index in [4.69, 9.17) is 24.3 Å². The number of phosphoric acid groups is 1. The van der Waals surface area contributed by atoms with Gasteiger partial charge < -0.3 is 20.1 Å². The quantitative estimate of drug-likeness (QED) is 0.0268. The van der Waals surface area contributed by atoms with Gasteiger partial charge in [0.2, 0.25) is 0 Å². The molecule has 0 rings (SSSR count). The van der Waals surface area contributed by atoms with Gasteiger partial charge in [-0.15, -0.1) is 0 Å². The van der Waals surface area contributed by atoms with Crippen LogP contribution in [0, 0.1) is 0 Å². The number of ether oxygens (including phenoxy) is 2. The maximum atomic E-state index is 12.7. The minimum Gasteiger partial charge on any atom is -0.457 e. The molecule has 0 heterocycles. The van der Waals surface area contributed by atoms with Crippen molar-refractivity contribution in [3.8, 4) is 0 Å². The summed E-state index contributed by atoms with van der Waals surface area (Å²) in [7, 11) is -4.31. The fourth-order valence-corrected chi connectivity index (χ4v) is 7.33. The number of allylic oxidation sites excluding steroid dienone is 26. The van der Waals surface area contributed by atoms with Gasteiger partial charge >= 0.3 is 13.8 Å². The Morgan fingerprint density at radius 2 is 0.757 bits per heavy atom. The van der Waals surface area contributed by atoms with E-state index in [2.05, 4.69) is 172 Å². The lowest BCUT2D eigenvalue weighted by Crippen LogP contribution is -2.28. The largest absolute Gasteiger partial charge is 0.472 e. The highest BCUT2D eigenvalue weighted by molar-refractivity contribution is 7.47. The van der Waals surface area contributed by atoms with Gasteiger partial charge in [0.25, 0.3) is 0 Å². The summed E-state index contributed by atoms with van der Waals surface area (Å²) in [6.07, 6.45) is 82.8. The molecule has 0 spiro atoms. The lowest BCUT2D eigenvalue weighted by Gasteiger charge is -2.20. The highest BCUT2D eigenvalue weighted by atomic mass is 31.2. The number of hydrogen-bond donors (Lipinski definition) is 2. The minimum absolute atomic E-state index is 0.0801. The van der Waals surface area contributed by atoms with E-state index < -0.39 is 13.9 Å². The average molecular weight is 988 g/mol. The summed E-state index contributed by atoms with van der Waals surface area (Å²) in [5.74, 6) is -0.362. The van der Waals surface area contributed by atoms with E-state index in [9.17, 15) is 14.3 Å². The number of hydrogen-bond acceptors (Lipinski definition) is 7. The smallest absolute Gasteiger partial charge is 0.457 e. The molecule has 0 saturated carbocycles. The number of nitrogens with two attached hydrogens (primary N) is 1. The molecular formula is C61H98NO7P. The molecule has 0 saturated heterocycles. The van der Waals surface area contributed by atoms with Crippen LogP contribution >= 0.6 is 7.82 Å². The molecule has 2 atom stereocenters. The minimum atomic E-state index is -4.31. The topological polar surface area (TPSA) is 117 Å². The Morgan fingerprint density at radius 3 is 1.13 bits per heavy atom. The molecule has 0 radical (unpaired) electrons. The van der Waals surface area contributed by atoms with Crippen LogP contribution in [0.1, 0.15) is 181 Å². The number of esters is 1. The fourth-order valence-electron chi connectivity index (χ4n) is 6.57. The third-order valence-corrected chi connectivity index (χ3v) is 11.4. The lowest BCUT2D eigenvalue weighted by atomic mass is 10.1. The van der Waals surface area contributed by atoms with Crippen LogP contribution < -0.4 is 5.73 Å². The predicted octanol–water partition coefficient (Wildman–Crippen LogP) is 17.4. The molecule has 0 aromatic rings. The van der Waals surface area contributed by atoms with Gasteiger partial charge in [-0.3, -0.25) is 13.8 Å². The molecule has 0 aliphatic heterocycles. The van der Waals surface area contributed by atoms with E-state index in [1.54, 1.807) is 0 Å². The van der Waals surface area contributed by atoms with E-state index in [0.717, 1.165) is 148 Å². The van der Waals surface area contributed by atoms with Crippen molar-refractivity contribution in [1.82, 2.24) is 0 Å². The van der Waals surface area contributed by atoms with Crippen LogP contribution in [-0.2, 0) is 27.9 Å². The van der Waals surface area contributed by atoms with E-state index in [1.807, 2.05) is 0 Å². The Balaban J connectivity index is 4.10. The van der Waals surface area contributed by atoms with Gasteiger partial charge in [0.15, 0.2) is 0 Å². The second-order valence-electron chi connectivity index (χ2n) is 17.0. The molecule has 0 fully saturated rings. The second-order valence-corrected chi connectivity index (χ2v) is 18.4. The van der Waals surface area contributed by atoms with Crippen LogP contribution in [0.2, 0.25) is 0 Å². The molecule has 0 aliphatic carbocycles. The van der Waals surface area contributed by atoms with Crippen molar-refractivity contribution in [2.45, 2.75) is 187 Å². The van der Waals surface area contributed by atoms with Crippen LogP contribution in [-0.4, -0.2) is 49.9 Å². The predicted molar refractivity (Wildman–Crippen MR) is 302 cm³/mol. The van der Waals surface area contributed by atoms with Crippen LogP contribution in [0.15, 0.2) is 158 Å². The fraction of sp³-hybridized carbons (Fsp3) is 0.557. The van der Waals surface area contributed by atoms with Crippen LogP contribution in [0.5, 0.6) is 0 Å². The molecule has 394 valence electrons. The molecule has 0 amide bonds. The van der Waals surface area contributed by atoms with Gasteiger partial charge in [0.1, 0.15) is 6.10 Å². The molecule has 0 aromatic carbocycles. The second kappa shape index (κ2) is 56.0. The number of carbonyl (C=O) groups is 1. The maximum absolute atomic E-state index is 12.7. The van der Waals surface area contributed by atoms with Crippen LogP contribution in [0.25, 0.3) is 0 Å². The van der Waals surface area contributed by atoms with Crippen molar-refractivity contribution >= 4 is 13.8 Å². The van der Waals surface area contributed by atoms with Crippen LogP contribution in [0.3, 0.4) is 0 Å². The van der Waals surface area contributed by atoms with Crippen molar-refractivity contribution < 1.29 is 32.8 Å². The summed E-state index contributed by atoms with van der Waals surface area (Å²) in [6, 6.07) is 0. The highest BCUT2D eigenvalue weighted by Gasteiger charge is 2.25. The highest BCUT2D eigenvalue weighted by Crippen LogP contribution is 2.43. The monoisotopic (exact) mass is 988 g/mol. The average Bonchev–Trinajstić information content (AvgIpc) is 3.35. The molecular weight excluding hydrogens is 890 g/mol. The Labute approximate surface area is 428 Å². The van der Waals surface area contributed by atoms with Gasteiger partial charge in [-0.1, -0.05) is 210 Å². The first kappa shape index (κ1) is 66.1. The molecule has 8 nitrogen and oxygen atoms in total. The van der Waals surface area contributed by atoms with Gasteiger partial charge in [-0.05, 0) is 122 Å². The Kier molecular flexibility index (Phi) is 52.9. The summed E-state index contributed by atoms with van der Waals surface area (Å²) in [6.45, 7) is 4.57. The first-order valence-electron chi connectivity index (χ1n) is 27.0. The normalized spacial score (nSPS) is 14.5. The number of carbonyl (C=O) groups excluding carboxylic acids is 1. The van der Waals surface area contributed by atoms with Crippen molar-refractivity contribution in [2.75, 3.05) is 33.0 Å². The van der Waals surface area contributed by atoms with E-state index in [1.165, 1.54) is 12.8 Å². The first-order valence-corrected chi connectivity index (χ1v) is 28.5. The zero-order valence-electron chi connectivity index (χ0n) is 43.9. The SMILES string of the molecule is CC/C=C\C/C=C\C/C=C\C/C=C\C/C=C\C/C=C\C/C=C\CCCCCCOCC(COP(=O)(O)OCCN)OC(=O)CCCCCCCC/C=C\C/C=C\C/C=C\C/C=C\C/C=C\C/C=C\CC. The molecule has 2 unspecified atom stereocenters. The Hall–Kier alpha value is -3.88. The van der Waals surface area contributed by atoms with Crippen molar-refractivity contribution in [2.24, 2.45) is 5.73 Å². The zero-order valence-corrected chi connectivity index (χ0v) is 44.8. The molecule has 0 aromatic heterocycles. The van der Waals surface area contributed by atoms with Gasteiger partial charge in [-0.2, -0.15) is 0 Å². The molecule has 9 heteroatoms. The number of rotatable bonds is 49. The number of unbranched alkanes of at least 4 members (excludes halogenated alkanes) is 10. The third-order valence-electron chi connectivity index (χ3n) is 10.4. The summed E-state index contributed by atoms with van der Waals surface area (Å²) in [5, 5.41) is 0. The van der Waals surface area contributed by atoms with E-state index >= 15 is 0 Å². The van der Waals surface area contributed by atoms with Gasteiger partial charge in [0, 0.05) is 19.6 Å². The standard InChI is InChI=1S/C61H98NO7P/c1-3-5-7-9-11-13-15-17-19-21-23-25-27-29-31-33-35-37-39-41-43-45-47-49-51-53-56-66-58-60(59-68-70(64,65)67-57-55-62)69-61(63)54-52-50-48-46-44-42-40-38-36-34-32-30-28-26-24-22-20-18-16-14-12-10-8-6-4-2/h5-8,11-14,17-20,23-26,29-32,35-38,41,43,60H,3-4,9-10,15-16,21-22,27-28,33-34,39-40,42,44-59,62H2,1-2H3,(H,64,65)/b7-5-,8-6-,13-11-,14-12-,19-17-,20-18-,25-23-,26-24-,31-29-,32-30-,37-35-,38-36-,43-41-. The summed E-state index contributed by atoms with van der Waals surface area (Å²) >= 11 is 0. The summed E-state index contributed by atoms with van der Waals surface area (Å²) < 4.78 is 33.6. The Morgan fingerprint density at radius 1 is 0.429 bits per heavy atom. The van der Waals surface area contributed by atoms with Crippen molar-refractivity contribution in [1.29, 1.82) is 0 Å². The van der Waals surface area contributed by atoms with Crippen molar-refractivity contribution in [3.05, 3.63) is 158 Å².